The molecule has 0 radical (unpaired) electrons. The number of hydrogen-bond donors (Lipinski definition) is 2. The van der Waals surface area contributed by atoms with Crippen LogP contribution in [0, 0.1) is 0 Å². The van der Waals surface area contributed by atoms with Crippen molar-refractivity contribution in [2.24, 2.45) is 0 Å². The Morgan fingerprint density at radius 1 is 1.52 bits per heavy atom. The summed E-state index contributed by atoms with van der Waals surface area (Å²) in [5, 5.41) is 12.9. The van der Waals surface area contributed by atoms with E-state index in [9.17, 15) is 9.90 Å². The van der Waals surface area contributed by atoms with Crippen molar-refractivity contribution >= 4 is 23.3 Å². The van der Waals surface area contributed by atoms with Crippen molar-refractivity contribution in [3.8, 4) is 0 Å². The van der Waals surface area contributed by atoms with Gasteiger partial charge < -0.3 is 10.4 Å². The number of rotatable bonds is 6. The van der Waals surface area contributed by atoms with Crippen molar-refractivity contribution in [3.63, 3.8) is 0 Å². The zero-order chi connectivity index (χ0) is 16.8. The highest BCUT2D eigenvalue weighted by molar-refractivity contribution is 6.30. The number of anilines is 1. The molecule has 2 rings (SSSR count). The van der Waals surface area contributed by atoms with Gasteiger partial charge in [-0.05, 0) is 25.5 Å². The fourth-order valence-electron chi connectivity index (χ4n) is 2.90. The molecule has 1 amide bonds. The van der Waals surface area contributed by atoms with Crippen LogP contribution in [0.25, 0.3) is 0 Å². The SMILES string of the molecule is CC[C@H]1CN(CC(=O)Nc2ccc(Cl)cn2)CCN1C[C@@H](C)O. The van der Waals surface area contributed by atoms with E-state index in [1.807, 2.05) is 6.92 Å². The van der Waals surface area contributed by atoms with Gasteiger partial charge in [0.2, 0.25) is 5.91 Å². The lowest BCUT2D eigenvalue weighted by molar-refractivity contribution is -0.118. The predicted molar refractivity (Wildman–Crippen MR) is 91.6 cm³/mol. The van der Waals surface area contributed by atoms with Gasteiger partial charge in [0.1, 0.15) is 5.82 Å². The number of amides is 1. The maximum atomic E-state index is 12.1. The Kier molecular flexibility index (Phi) is 6.77. The van der Waals surface area contributed by atoms with Gasteiger partial charge in [-0.15, -0.1) is 0 Å². The number of piperazine rings is 1. The molecule has 0 aliphatic carbocycles. The summed E-state index contributed by atoms with van der Waals surface area (Å²) in [6, 6.07) is 3.77. The van der Waals surface area contributed by atoms with Gasteiger partial charge in [0.25, 0.3) is 0 Å². The van der Waals surface area contributed by atoms with Crippen LogP contribution in [-0.4, -0.2) is 70.7 Å². The Morgan fingerprint density at radius 2 is 2.30 bits per heavy atom. The van der Waals surface area contributed by atoms with Gasteiger partial charge in [-0.25, -0.2) is 4.98 Å². The Balaban J connectivity index is 1.83. The summed E-state index contributed by atoms with van der Waals surface area (Å²) in [6.07, 6.45) is 2.19. The van der Waals surface area contributed by atoms with E-state index in [1.165, 1.54) is 6.20 Å². The lowest BCUT2D eigenvalue weighted by Crippen LogP contribution is -2.55. The molecule has 0 bridgehead atoms. The Hall–Kier alpha value is -1.21. The zero-order valence-corrected chi connectivity index (χ0v) is 14.5. The molecule has 2 N–H and O–H groups in total. The first-order valence-electron chi connectivity index (χ1n) is 8.03. The van der Waals surface area contributed by atoms with E-state index in [0.29, 0.717) is 30.0 Å². The van der Waals surface area contributed by atoms with E-state index < -0.39 is 0 Å². The molecule has 6 nitrogen and oxygen atoms in total. The molecule has 1 saturated heterocycles. The molecule has 23 heavy (non-hydrogen) atoms. The molecule has 0 saturated carbocycles. The van der Waals surface area contributed by atoms with E-state index in [-0.39, 0.29) is 12.0 Å². The quantitative estimate of drug-likeness (QED) is 0.820. The Morgan fingerprint density at radius 3 is 2.91 bits per heavy atom. The molecule has 1 aliphatic heterocycles. The fourth-order valence-corrected chi connectivity index (χ4v) is 3.01. The lowest BCUT2D eigenvalue weighted by Gasteiger charge is -2.41. The molecule has 0 aromatic carbocycles. The van der Waals surface area contributed by atoms with Crippen LogP contribution in [0.1, 0.15) is 20.3 Å². The van der Waals surface area contributed by atoms with Crippen LogP contribution in [-0.2, 0) is 4.79 Å². The Labute approximate surface area is 142 Å². The van der Waals surface area contributed by atoms with E-state index in [4.69, 9.17) is 11.6 Å². The minimum absolute atomic E-state index is 0.0707. The molecule has 1 aliphatic rings. The molecular weight excluding hydrogens is 316 g/mol. The third-order valence-electron chi connectivity index (χ3n) is 4.02. The summed E-state index contributed by atoms with van der Waals surface area (Å²) in [7, 11) is 0. The second-order valence-corrected chi connectivity index (χ2v) is 6.49. The fraction of sp³-hybridized carbons (Fsp3) is 0.625. The summed E-state index contributed by atoms with van der Waals surface area (Å²) in [6.45, 7) is 7.52. The summed E-state index contributed by atoms with van der Waals surface area (Å²) in [4.78, 5) is 20.7. The van der Waals surface area contributed by atoms with Gasteiger partial charge in [-0.1, -0.05) is 18.5 Å². The smallest absolute Gasteiger partial charge is 0.239 e. The molecule has 1 aromatic heterocycles. The van der Waals surface area contributed by atoms with Gasteiger partial charge in [0, 0.05) is 38.4 Å². The van der Waals surface area contributed by atoms with Crippen LogP contribution in [0.5, 0.6) is 0 Å². The molecular formula is C16H25ClN4O2. The number of nitrogens with zero attached hydrogens (tertiary/aromatic N) is 3. The van der Waals surface area contributed by atoms with E-state index in [0.717, 1.165) is 26.1 Å². The number of β-amino-alcohol motifs (C(OH)–C–C–N with tert-alkyl or cyclic N) is 1. The van der Waals surface area contributed by atoms with Gasteiger partial charge in [0.05, 0.1) is 17.7 Å². The van der Waals surface area contributed by atoms with E-state index >= 15 is 0 Å². The summed E-state index contributed by atoms with van der Waals surface area (Å²) in [5.74, 6) is 0.442. The average Bonchev–Trinajstić information content (AvgIpc) is 2.50. The normalized spacial score (nSPS) is 21.1. The van der Waals surface area contributed by atoms with Crippen LogP contribution >= 0.6 is 11.6 Å². The van der Waals surface area contributed by atoms with Crippen LogP contribution in [0.15, 0.2) is 18.3 Å². The molecule has 2 heterocycles. The number of halogens is 1. The first-order valence-corrected chi connectivity index (χ1v) is 8.41. The minimum atomic E-state index is -0.324. The largest absolute Gasteiger partial charge is 0.392 e. The summed E-state index contributed by atoms with van der Waals surface area (Å²) >= 11 is 5.78. The highest BCUT2D eigenvalue weighted by Crippen LogP contribution is 2.14. The number of aliphatic hydroxyl groups is 1. The van der Waals surface area contributed by atoms with Gasteiger partial charge in [-0.2, -0.15) is 0 Å². The third kappa shape index (κ3) is 5.73. The van der Waals surface area contributed by atoms with Crippen molar-refractivity contribution in [1.29, 1.82) is 0 Å². The first-order chi connectivity index (χ1) is 11.0. The van der Waals surface area contributed by atoms with Crippen molar-refractivity contribution < 1.29 is 9.90 Å². The standard InChI is InChI=1S/C16H25ClN4O2/c1-3-14-10-20(6-7-21(14)9-12(2)22)11-16(23)19-15-5-4-13(17)8-18-15/h4-5,8,12,14,22H,3,6-7,9-11H2,1-2H3,(H,18,19,23)/t12-,14+/m1/s1. The monoisotopic (exact) mass is 340 g/mol. The minimum Gasteiger partial charge on any atom is -0.392 e. The maximum Gasteiger partial charge on any atom is 0.239 e. The number of carbonyl (C=O) groups excluding carboxylic acids is 1. The predicted octanol–water partition coefficient (Wildman–Crippen LogP) is 1.45. The average molecular weight is 341 g/mol. The highest BCUT2D eigenvalue weighted by atomic mass is 35.5. The molecule has 2 atom stereocenters. The third-order valence-corrected chi connectivity index (χ3v) is 4.24. The Bertz CT molecular complexity index is 509. The molecule has 1 fully saturated rings. The molecule has 0 unspecified atom stereocenters. The van der Waals surface area contributed by atoms with Crippen molar-refractivity contribution in [3.05, 3.63) is 23.4 Å². The van der Waals surface area contributed by atoms with Crippen molar-refractivity contribution in [2.45, 2.75) is 32.4 Å². The molecule has 0 spiro atoms. The van der Waals surface area contributed by atoms with Crippen molar-refractivity contribution in [2.75, 3.05) is 38.0 Å². The van der Waals surface area contributed by atoms with Crippen molar-refractivity contribution in [1.82, 2.24) is 14.8 Å². The number of pyridine rings is 1. The number of carbonyl (C=O) groups is 1. The van der Waals surface area contributed by atoms with Crippen LogP contribution in [0.4, 0.5) is 5.82 Å². The van der Waals surface area contributed by atoms with Gasteiger partial charge >= 0.3 is 0 Å². The first kappa shape index (κ1) is 18.1. The van der Waals surface area contributed by atoms with Crippen LogP contribution in [0.3, 0.4) is 0 Å². The zero-order valence-electron chi connectivity index (χ0n) is 13.7. The number of aliphatic hydroxyl groups excluding tert-OH is 1. The number of hydrogen-bond acceptors (Lipinski definition) is 5. The second kappa shape index (κ2) is 8.59. The lowest BCUT2D eigenvalue weighted by atomic mass is 10.1. The van der Waals surface area contributed by atoms with E-state index in [1.54, 1.807) is 12.1 Å². The second-order valence-electron chi connectivity index (χ2n) is 6.05. The summed E-state index contributed by atoms with van der Waals surface area (Å²) in [5.41, 5.74) is 0. The van der Waals surface area contributed by atoms with Crippen LogP contribution < -0.4 is 5.32 Å². The highest BCUT2D eigenvalue weighted by Gasteiger charge is 2.27. The number of aromatic nitrogens is 1. The van der Waals surface area contributed by atoms with Gasteiger partial charge in [0.15, 0.2) is 0 Å². The van der Waals surface area contributed by atoms with E-state index in [2.05, 4.69) is 27.0 Å². The molecule has 1 aromatic rings. The summed E-state index contributed by atoms with van der Waals surface area (Å²) < 4.78 is 0. The topological polar surface area (TPSA) is 68.7 Å². The molecule has 128 valence electrons. The number of nitrogens with one attached hydrogen (secondary N) is 1. The van der Waals surface area contributed by atoms with Crippen LogP contribution in [0.2, 0.25) is 5.02 Å². The van der Waals surface area contributed by atoms with Gasteiger partial charge in [-0.3, -0.25) is 14.6 Å². The maximum absolute atomic E-state index is 12.1. The molecule has 7 heteroatoms.